The van der Waals surface area contributed by atoms with Gasteiger partial charge in [-0.2, -0.15) is 11.8 Å². The van der Waals surface area contributed by atoms with Crippen LogP contribution in [-0.4, -0.2) is 23.0 Å². The molecule has 1 aromatic rings. The average Bonchev–Trinajstić information content (AvgIpc) is 2.80. The first-order valence-corrected chi connectivity index (χ1v) is 8.32. The fraction of sp³-hybridized carbons (Fsp3) is 0.500. The van der Waals surface area contributed by atoms with Crippen LogP contribution in [0.5, 0.6) is 0 Å². The van der Waals surface area contributed by atoms with E-state index < -0.39 is 5.82 Å². The summed E-state index contributed by atoms with van der Waals surface area (Å²) < 4.78 is 13.6. The van der Waals surface area contributed by atoms with Crippen molar-refractivity contribution in [3.63, 3.8) is 0 Å². The van der Waals surface area contributed by atoms with Crippen LogP contribution in [0.1, 0.15) is 36.5 Å². The van der Waals surface area contributed by atoms with E-state index in [0.717, 1.165) is 25.0 Å². The molecule has 0 bridgehead atoms. The van der Waals surface area contributed by atoms with Gasteiger partial charge >= 0.3 is 0 Å². The molecule has 1 aromatic carbocycles. The minimum Gasteiger partial charge on any atom is -0.349 e. The van der Waals surface area contributed by atoms with Crippen molar-refractivity contribution in [3.8, 4) is 0 Å². The molecule has 2 nitrogen and oxygen atoms in total. The zero-order valence-corrected chi connectivity index (χ0v) is 13.2. The molecule has 2 atom stereocenters. The van der Waals surface area contributed by atoms with Crippen molar-refractivity contribution >= 4 is 33.6 Å². The Hall–Kier alpha value is -0.550. The largest absolute Gasteiger partial charge is 0.349 e. The summed E-state index contributed by atoms with van der Waals surface area (Å²) in [6.45, 7) is 2.15. The monoisotopic (exact) mass is 345 g/mol. The third-order valence-electron chi connectivity index (χ3n) is 3.32. The molecule has 1 aliphatic rings. The second-order valence-corrected chi connectivity index (χ2v) is 7.03. The standard InChI is InChI=1S/C14H17BrFNOS/c1-2-19-10-7-6-9(8-10)17-14(18)11-4-3-5-12(16)13(11)15/h3-5,9-10H,2,6-8H2,1H3,(H,17,18). The maximum absolute atomic E-state index is 13.4. The van der Waals surface area contributed by atoms with E-state index in [1.165, 1.54) is 6.07 Å². The minimum atomic E-state index is -0.404. The van der Waals surface area contributed by atoms with Crippen molar-refractivity contribution in [3.05, 3.63) is 34.1 Å². The molecule has 1 N–H and O–H groups in total. The number of nitrogens with one attached hydrogen (secondary N) is 1. The number of hydrogen-bond donors (Lipinski definition) is 1. The topological polar surface area (TPSA) is 29.1 Å². The first kappa shape index (κ1) is 14.9. The highest BCUT2D eigenvalue weighted by atomic mass is 79.9. The van der Waals surface area contributed by atoms with Crippen LogP contribution in [0.15, 0.2) is 22.7 Å². The zero-order valence-electron chi connectivity index (χ0n) is 10.8. The van der Waals surface area contributed by atoms with Crippen LogP contribution in [-0.2, 0) is 0 Å². The van der Waals surface area contributed by atoms with Gasteiger partial charge < -0.3 is 5.32 Å². The number of amides is 1. The number of carbonyl (C=O) groups excluding carboxylic acids is 1. The lowest BCUT2D eigenvalue weighted by Crippen LogP contribution is -2.33. The molecule has 1 fully saturated rings. The molecule has 0 saturated heterocycles. The Morgan fingerprint density at radius 3 is 3.05 bits per heavy atom. The Bertz CT molecular complexity index is 469. The molecular formula is C14H17BrFNOS. The highest BCUT2D eigenvalue weighted by Gasteiger charge is 2.26. The molecule has 5 heteroatoms. The highest BCUT2D eigenvalue weighted by molar-refractivity contribution is 9.10. The fourth-order valence-electron chi connectivity index (χ4n) is 2.40. The van der Waals surface area contributed by atoms with Crippen molar-refractivity contribution < 1.29 is 9.18 Å². The summed E-state index contributed by atoms with van der Waals surface area (Å²) in [6, 6.07) is 4.74. The summed E-state index contributed by atoms with van der Waals surface area (Å²) in [6.07, 6.45) is 3.17. The molecule has 1 amide bonds. The molecule has 1 saturated carbocycles. The molecular weight excluding hydrogens is 329 g/mol. The summed E-state index contributed by atoms with van der Waals surface area (Å²) in [5.74, 6) is 0.512. The second kappa shape index (κ2) is 6.75. The van der Waals surface area contributed by atoms with E-state index in [0.29, 0.717) is 10.8 Å². The lowest BCUT2D eigenvalue weighted by Gasteiger charge is -2.14. The molecule has 0 radical (unpaired) electrons. The molecule has 0 aliphatic heterocycles. The third-order valence-corrected chi connectivity index (χ3v) is 5.36. The summed E-state index contributed by atoms with van der Waals surface area (Å²) in [4.78, 5) is 12.1. The van der Waals surface area contributed by atoms with Crippen LogP contribution in [0.4, 0.5) is 4.39 Å². The highest BCUT2D eigenvalue weighted by Crippen LogP contribution is 2.30. The van der Waals surface area contributed by atoms with Crippen LogP contribution in [0.25, 0.3) is 0 Å². The minimum absolute atomic E-state index is 0.196. The van der Waals surface area contributed by atoms with Gasteiger partial charge in [-0.05, 0) is 53.1 Å². The number of rotatable bonds is 4. The fourth-order valence-corrected chi connectivity index (χ4v) is 3.99. The van der Waals surface area contributed by atoms with Gasteiger partial charge in [-0.25, -0.2) is 4.39 Å². The van der Waals surface area contributed by atoms with Crippen molar-refractivity contribution in [1.29, 1.82) is 0 Å². The Morgan fingerprint density at radius 1 is 1.53 bits per heavy atom. The summed E-state index contributed by atoms with van der Waals surface area (Å²) >= 11 is 5.08. The molecule has 2 rings (SSSR count). The molecule has 1 aliphatic carbocycles. The first-order chi connectivity index (χ1) is 9.11. The third kappa shape index (κ3) is 3.72. The van der Waals surface area contributed by atoms with Crippen molar-refractivity contribution in [1.82, 2.24) is 5.32 Å². The van der Waals surface area contributed by atoms with E-state index >= 15 is 0 Å². The predicted octanol–water partition coefficient (Wildman–Crippen LogP) is 3.99. The van der Waals surface area contributed by atoms with E-state index in [1.807, 2.05) is 11.8 Å². The van der Waals surface area contributed by atoms with Crippen LogP contribution in [0, 0.1) is 5.82 Å². The van der Waals surface area contributed by atoms with Gasteiger partial charge in [-0.15, -0.1) is 0 Å². The lowest BCUT2D eigenvalue weighted by atomic mass is 10.2. The van der Waals surface area contributed by atoms with Crippen LogP contribution in [0.2, 0.25) is 0 Å². The normalized spacial score (nSPS) is 22.5. The Labute approximate surface area is 125 Å². The Balaban J connectivity index is 1.97. The van der Waals surface area contributed by atoms with Gasteiger partial charge in [0.1, 0.15) is 5.82 Å². The quantitative estimate of drug-likeness (QED) is 0.893. The average molecular weight is 346 g/mol. The molecule has 0 heterocycles. The maximum atomic E-state index is 13.4. The number of thioether (sulfide) groups is 1. The van der Waals surface area contributed by atoms with Gasteiger partial charge in [0.2, 0.25) is 0 Å². The molecule has 104 valence electrons. The van der Waals surface area contributed by atoms with Crippen molar-refractivity contribution in [2.45, 2.75) is 37.5 Å². The molecule has 0 spiro atoms. The number of carbonyl (C=O) groups is 1. The van der Waals surface area contributed by atoms with Crippen molar-refractivity contribution in [2.24, 2.45) is 0 Å². The van der Waals surface area contributed by atoms with E-state index in [-0.39, 0.29) is 16.4 Å². The van der Waals surface area contributed by atoms with Gasteiger partial charge in [-0.3, -0.25) is 4.79 Å². The second-order valence-electron chi connectivity index (χ2n) is 4.66. The first-order valence-electron chi connectivity index (χ1n) is 6.48. The number of halogens is 2. The SMILES string of the molecule is CCSC1CCC(NC(=O)c2cccc(F)c2Br)C1. The van der Waals surface area contributed by atoms with Crippen molar-refractivity contribution in [2.75, 3.05) is 5.75 Å². The van der Waals surface area contributed by atoms with Gasteiger partial charge in [0, 0.05) is 11.3 Å². The summed E-state index contributed by atoms with van der Waals surface area (Å²) in [5.41, 5.74) is 0.367. The summed E-state index contributed by atoms with van der Waals surface area (Å²) in [5, 5.41) is 3.65. The van der Waals surface area contributed by atoms with Crippen LogP contribution < -0.4 is 5.32 Å². The van der Waals surface area contributed by atoms with Crippen LogP contribution in [0.3, 0.4) is 0 Å². The molecule has 2 unspecified atom stereocenters. The molecule has 19 heavy (non-hydrogen) atoms. The van der Waals surface area contributed by atoms with Crippen LogP contribution >= 0.6 is 27.7 Å². The van der Waals surface area contributed by atoms with E-state index in [4.69, 9.17) is 0 Å². The lowest BCUT2D eigenvalue weighted by molar-refractivity contribution is 0.0936. The van der Waals surface area contributed by atoms with E-state index in [2.05, 4.69) is 28.2 Å². The number of benzene rings is 1. The molecule has 0 aromatic heterocycles. The number of hydrogen-bond acceptors (Lipinski definition) is 2. The van der Waals surface area contributed by atoms with E-state index in [1.54, 1.807) is 12.1 Å². The maximum Gasteiger partial charge on any atom is 0.252 e. The zero-order chi connectivity index (χ0) is 13.8. The Morgan fingerprint density at radius 2 is 2.32 bits per heavy atom. The van der Waals surface area contributed by atoms with Gasteiger partial charge in [0.15, 0.2) is 0 Å². The van der Waals surface area contributed by atoms with Gasteiger partial charge in [0.25, 0.3) is 5.91 Å². The van der Waals surface area contributed by atoms with E-state index in [9.17, 15) is 9.18 Å². The van der Waals surface area contributed by atoms with Gasteiger partial charge in [0.05, 0.1) is 10.0 Å². The smallest absolute Gasteiger partial charge is 0.252 e. The summed E-state index contributed by atoms with van der Waals surface area (Å²) in [7, 11) is 0. The predicted molar refractivity (Wildman–Crippen MR) is 81.1 cm³/mol. The Kier molecular flexibility index (Phi) is 5.28. The van der Waals surface area contributed by atoms with Gasteiger partial charge in [-0.1, -0.05) is 13.0 Å².